The highest BCUT2D eigenvalue weighted by molar-refractivity contribution is 5.20. The second-order valence-electron chi connectivity index (χ2n) is 3.34. The third-order valence-electron chi connectivity index (χ3n) is 2.30. The summed E-state index contributed by atoms with van der Waals surface area (Å²) in [6.07, 6.45) is 7.41. The van der Waals surface area contributed by atoms with E-state index in [0.29, 0.717) is 12.0 Å². The highest BCUT2D eigenvalue weighted by Crippen LogP contribution is 2.20. The summed E-state index contributed by atoms with van der Waals surface area (Å²) in [4.78, 5) is 0. The van der Waals surface area contributed by atoms with Crippen molar-refractivity contribution in [1.82, 2.24) is 5.43 Å². The van der Waals surface area contributed by atoms with E-state index in [4.69, 9.17) is 12.3 Å². The van der Waals surface area contributed by atoms with Crippen LogP contribution in [0.3, 0.4) is 0 Å². The first kappa shape index (κ1) is 11.7. The van der Waals surface area contributed by atoms with Crippen molar-refractivity contribution in [3.8, 4) is 12.3 Å². The quantitative estimate of drug-likeness (QED) is 0.335. The van der Waals surface area contributed by atoms with Crippen LogP contribution in [0.2, 0.25) is 0 Å². The number of halogens is 1. The maximum atomic E-state index is 13.4. The lowest BCUT2D eigenvalue weighted by atomic mass is 10.0. The van der Waals surface area contributed by atoms with E-state index in [1.165, 1.54) is 6.07 Å². The minimum Gasteiger partial charge on any atom is -0.271 e. The van der Waals surface area contributed by atoms with E-state index in [0.717, 1.165) is 12.8 Å². The Morgan fingerprint density at radius 3 is 2.80 bits per heavy atom. The lowest BCUT2D eigenvalue weighted by Crippen LogP contribution is -2.28. The first-order valence-electron chi connectivity index (χ1n) is 4.93. The van der Waals surface area contributed by atoms with Crippen molar-refractivity contribution in [3.63, 3.8) is 0 Å². The number of unbranched alkanes of at least 4 members (excludes halogenated alkanes) is 1. The van der Waals surface area contributed by atoms with Gasteiger partial charge >= 0.3 is 0 Å². The number of nitrogens with two attached hydrogens (primary N) is 1. The van der Waals surface area contributed by atoms with E-state index in [9.17, 15) is 4.39 Å². The summed E-state index contributed by atoms with van der Waals surface area (Å²) in [7, 11) is 0. The third-order valence-corrected chi connectivity index (χ3v) is 2.30. The number of hydrogen-bond donors (Lipinski definition) is 2. The topological polar surface area (TPSA) is 38.0 Å². The summed E-state index contributed by atoms with van der Waals surface area (Å²) in [5.41, 5.74) is 3.20. The molecule has 15 heavy (non-hydrogen) atoms. The lowest BCUT2D eigenvalue weighted by Gasteiger charge is -2.16. The van der Waals surface area contributed by atoms with Crippen LogP contribution in [-0.2, 0) is 0 Å². The second kappa shape index (κ2) is 6.18. The van der Waals surface area contributed by atoms with Crippen molar-refractivity contribution in [3.05, 3.63) is 35.6 Å². The number of terminal acetylenes is 1. The second-order valence-corrected chi connectivity index (χ2v) is 3.34. The molecule has 1 unspecified atom stereocenters. The van der Waals surface area contributed by atoms with Crippen molar-refractivity contribution < 1.29 is 4.39 Å². The zero-order valence-electron chi connectivity index (χ0n) is 8.54. The highest BCUT2D eigenvalue weighted by atomic mass is 19.1. The minimum absolute atomic E-state index is 0.167. The molecule has 0 heterocycles. The molecule has 1 rings (SSSR count). The maximum absolute atomic E-state index is 13.4. The molecular weight excluding hydrogens is 191 g/mol. The van der Waals surface area contributed by atoms with E-state index in [-0.39, 0.29) is 11.9 Å². The largest absolute Gasteiger partial charge is 0.271 e. The molecular formula is C12H15FN2. The highest BCUT2D eigenvalue weighted by Gasteiger charge is 2.12. The Balaban J connectivity index is 2.66. The van der Waals surface area contributed by atoms with Crippen LogP contribution in [0, 0.1) is 18.2 Å². The lowest BCUT2D eigenvalue weighted by molar-refractivity contribution is 0.475. The molecule has 1 aromatic carbocycles. The standard InChI is InChI=1S/C12H15FN2/c1-2-3-4-9-12(15-14)10-7-5-6-8-11(10)13/h1,5-8,12,15H,3-4,9,14H2. The summed E-state index contributed by atoms with van der Waals surface area (Å²) < 4.78 is 13.4. The normalized spacial score (nSPS) is 12.1. The summed E-state index contributed by atoms with van der Waals surface area (Å²) in [6.45, 7) is 0. The zero-order valence-corrected chi connectivity index (χ0v) is 8.54. The van der Waals surface area contributed by atoms with E-state index in [1.54, 1.807) is 18.2 Å². The molecule has 3 heteroatoms. The van der Waals surface area contributed by atoms with Crippen molar-refractivity contribution in [1.29, 1.82) is 0 Å². The molecule has 0 aromatic heterocycles. The Morgan fingerprint density at radius 1 is 1.47 bits per heavy atom. The van der Waals surface area contributed by atoms with Crippen LogP contribution in [-0.4, -0.2) is 0 Å². The number of benzene rings is 1. The van der Waals surface area contributed by atoms with E-state index < -0.39 is 0 Å². The van der Waals surface area contributed by atoms with E-state index >= 15 is 0 Å². The SMILES string of the molecule is C#CCCCC(NN)c1ccccc1F. The van der Waals surface area contributed by atoms with Gasteiger partial charge in [-0.15, -0.1) is 12.3 Å². The average Bonchev–Trinajstić information content (AvgIpc) is 2.26. The van der Waals surface area contributed by atoms with Crippen LogP contribution in [0.15, 0.2) is 24.3 Å². The summed E-state index contributed by atoms with van der Waals surface area (Å²) >= 11 is 0. The van der Waals surface area contributed by atoms with Crippen LogP contribution in [0.1, 0.15) is 30.9 Å². The first-order valence-corrected chi connectivity index (χ1v) is 4.93. The van der Waals surface area contributed by atoms with E-state index in [2.05, 4.69) is 11.3 Å². The Kier molecular flexibility index (Phi) is 4.82. The summed E-state index contributed by atoms with van der Waals surface area (Å²) in [5, 5.41) is 0. The molecule has 3 N–H and O–H groups in total. The van der Waals surface area contributed by atoms with Gasteiger partial charge in [-0.25, -0.2) is 4.39 Å². The third kappa shape index (κ3) is 3.35. The number of rotatable bonds is 5. The molecule has 0 aliphatic heterocycles. The van der Waals surface area contributed by atoms with Crippen molar-refractivity contribution in [2.75, 3.05) is 0 Å². The van der Waals surface area contributed by atoms with Crippen LogP contribution in [0.4, 0.5) is 4.39 Å². The molecule has 0 amide bonds. The number of hydrazine groups is 1. The van der Waals surface area contributed by atoms with Gasteiger partial charge in [-0.05, 0) is 18.9 Å². The van der Waals surface area contributed by atoms with Crippen molar-refractivity contribution >= 4 is 0 Å². The Bertz CT molecular complexity index is 344. The number of hydrogen-bond acceptors (Lipinski definition) is 2. The minimum atomic E-state index is -0.235. The van der Waals surface area contributed by atoms with Gasteiger partial charge in [0.25, 0.3) is 0 Å². The monoisotopic (exact) mass is 206 g/mol. The molecule has 0 spiro atoms. The molecule has 0 fully saturated rings. The van der Waals surface area contributed by atoms with Gasteiger partial charge in [0.2, 0.25) is 0 Å². The van der Waals surface area contributed by atoms with Crippen LogP contribution in [0.25, 0.3) is 0 Å². The van der Waals surface area contributed by atoms with Gasteiger partial charge in [0.1, 0.15) is 5.82 Å². The smallest absolute Gasteiger partial charge is 0.128 e. The van der Waals surface area contributed by atoms with Gasteiger partial charge < -0.3 is 0 Å². The Morgan fingerprint density at radius 2 is 2.20 bits per heavy atom. The number of nitrogens with one attached hydrogen (secondary N) is 1. The average molecular weight is 206 g/mol. The van der Waals surface area contributed by atoms with Crippen LogP contribution in [0.5, 0.6) is 0 Å². The fourth-order valence-electron chi connectivity index (χ4n) is 1.49. The molecule has 80 valence electrons. The Hall–Kier alpha value is -1.37. The van der Waals surface area contributed by atoms with Gasteiger partial charge in [-0.3, -0.25) is 11.3 Å². The molecule has 0 aliphatic carbocycles. The summed E-state index contributed by atoms with van der Waals surface area (Å²) in [5.74, 6) is 7.70. The fourth-order valence-corrected chi connectivity index (χ4v) is 1.49. The fraction of sp³-hybridized carbons (Fsp3) is 0.333. The molecule has 1 atom stereocenters. The van der Waals surface area contributed by atoms with Crippen molar-refractivity contribution in [2.45, 2.75) is 25.3 Å². The Labute approximate surface area is 89.6 Å². The molecule has 0 aliphatic rings. The predicted octanol–water partition coefficient (Wildman–Crippen LogP) is 2.13. The predicted molar refractivity (Wildman–Crippen MR) is 59.1 cm³/mol. The van der Waals surface area contributed by atoms with Gasteiger partial charge in [0.05, 0.1) is 0 Å². The van der Waals surface area contributed by atoms with Gasteiger partial charge in [0.15, 0.2) is 0 Å². The molecule has 0 radical (unpaired) electrons. The zero-order chi connectivity index (χ0) is 11.1. The van der Waals surface area contributed by atoms with Gasteiger partial charge in [-0.1, -0.05) is 18.2 Å². The van der Waals surface area contributed by atoms with E-state index in [1.807, 2.05) is 0 Å². The molecule has 2 nitrogen and oxygen atoms in total. The van der Waals surface area contributed by atoms with Gasteiger partial charge in [0, 0.05) is 18.0 Å². The maximum Gasteiger partial charge on any atom is 0.128 e. The van der Waals surface area contributed by atoms with Crippen LogP contribution >= 0.6 is 0 Å². The molecule has 0 bridgehead atoms. The van der Waals surface area contributed by atoms with Gasteiger partial charge in [-0.2, -0.15) is 0 Å². The first-order chi connectivity index (χ1) is 7.29. The van der Waals surface area contributed by atoms with Crippen LogP contribution < -0.4 is 11.3 Å². The molecule has 0 saturated heterocycles. The van der Waals surface area contributed by atoms with Crippen molar-refractivity contribution in [2.24, 2.45) is 5.84 Å². The molecule has 1 aromatic rings. The summed E-state index contributed by atoms with van der Waals surface area (Å²) in [6, 6.07) is 6.45. The molecule has 0 saturated carbocycles.